The van der Waals surface area contributed by atoms with Gasteiger partial charge in [0, 0.05) is 12.1 Å². The van der Waals surface area contributed by atoms with Crippen molar-refractivity contribution in [3.63, 3.8) is 0 Å². The van der Waals surface area contributed by atoms with Gasteiger partial charge in [0.2, 0.25) is 0 Å². The number of nitro groups is 1. The zero-order valence-electron chi connectivity index (χ0n) is 6.38. The van der Waals surface area contributed by atoms with E-state index < -0.39 is 4.92 Å². The first-order chi connectivity index (χ1) is 5.74. The van der Waals surface area contributed by atoms with Crippen molar-refractivity contribution in [2.45, 2.75) is 0 Å². The third-order valence-electron chi connectivity index (χ3n) is 1.26. The Hall–Kier alpha value is -1.87. The van der Waals surface area contributed by atoms with E-state index in [1.54, 1.807) is 0 Å². The maximum Gasteiger partial charge on any atom is 0.308 e. The summed E-state index contributed by atoms with van der Waals surface area (Å²) in [5.41, 5.74) is 2.72. The lowest BCUT2D eigenvalue weighted by Gasteiger charge is -1.89. The van der Waals surface area contributed by atoms with Crippen LogP contribution in [0.3, 0.4) is 0 Å². The van der Waals surface area contributed by atoms with E-state index in [1.165, 1.54) is 24.3 Å². The van der Waals surface area contributed by atoms with Crippen LogP contribution in [-0.4, -0.2) is 4.92 Å². The minimum atomic E-state index is -0.500. The number of anilines is 1. The van der Waals surface area contributed by atoms with E-state index in [0.717, 1.165) is 0 Å². The second-order valence-electron chi connectivity index (χ2n) is 2.02. The van der Waals surface area contributed by atoms with Crippen molar-refractivity contribution in [2.24, 2.45) is 0 Å². The van der Waals surface area contributed by atoms with Crippen LogP contribution in [0.2, 0.25) is 0 Å². The third-order valence-corrected chi connectivity index (χ3v) is 1.26. The largest absolute Gasteiger partial charge is 0.308 e. The average molecular weight is 202 g/mol. The Kier molecular flexibility index (Phi) is 4.19. The zero-order chi connectivity index (χ0) is 8.97. The van der Waals surface area contributed by atoms with E-state index in [2.05, 4.69) is 10.5 Å². The molecule has 0 fully saturated rings. The molecular weight excluding hydrogens is 196 g/mol. The molecule has 0 aliphatic carbocycles. The van der Waals surface area contributed by atoms with Gasteiger partial charge in [0.15, 0.2) is 0 Å². The summed E-state index contributed by atoms with van der Waals surface area (Å²) in [5, 5.41) is 20.9. The molecule has 1 N–H and O–H groups in total. The number of halogens is 1. The summed E-state index contributed by atoms with van der Waals surface area (Å²) in [5.74, 6) is 0. The predicted octanol–water partition coefficient (Wildman–Crippen LogP) is 2.20. The van der Waals surface area contributed by atoms with Crippen LogP contribution in [0, 0.1) is 15.5 Å². The van der Waals surface area contributed by atoms with E-state index in [0.29, 0.717) is 5.69 Å². The normalized spacial score (nSPS) is 7.92. The van der Waals surface area contributed by atoms with Crippen molar-refractivity contribution in [3.05, 3.63) is 39.5 Å². The van der Waals surface area contributed by atoms with Crippen LogP contribution in [0.1, 0.15) is 0 Å². The van der Waals surface area contributed by atoms with Crippen LogP contribution in [0.15, 0.2) is 24.3 Å². The van der Waals surface area contributed by atoms with E-state index in [-0.39, 0.29) is 18.1 Å². The second kappa shape index (κ2) is 4.90. The Bertz CT molecular complexity index is 331. The average Bonchev–Trinajstić information content (AvgIpc) is 2.06. The molecule has 0 saturated carbocycles. The molecule has 6 nitrogen and oxygen atoms in total. The lowest BCUT2D eigenvalue weighted by atomic mass is 10.3. The summed E-state index contributed by atoms with van der Waals surface area (Å²) in [6, 6.07) is 5.51. The van der Waals surface area contributed by atoms with Gasteiger partial charge in [-0.05, 0) is 17.6 Å². The van der Waals surface area contributed by atoms with Crippen molar-refractivity contribution in [1.29, 1.82) is 5.39 Å². The highest BCUT2D eigenvalue weighted by Gasteiger charge is 2.04. The van der Waals surface area contributed by atoms with Crippen LogP contribution in [0.25, 0.3) is 5.08 Å². The van der Waals surface area contributed by atoms with E-state index >= 15 is 0 Å². The SMILES string of the molecule is Cl.N#[N+]Nc1ccc([N+](=O)[O-])cc1. The minimum absolute atomic E-state index is 0. The van der Waals surface area contributed by atoms with Crippen LogP contribution in [-0.2, 0) is 0 Å². The summed E-state index contributed by atoms with van der Waals surface area (Å²) < 4.78 is 0. The Morgan fingerprint density at radius 3 is 2.31 bits per heavy atom. The summed E-state index contributed by atoms with van der Waals surface area (Å²) in [4.78, 5) is 9.68. The number of nitrogens with one attached hydrogen (secondary N) is 1. The molecule has 0 spiro atoms. The first-order valence-electron chi connectivity index (χ1n) is 3.08. The van der Waals surface area contributed by atoms with Gasteiger partial charge in [-0.3, -0.25) is 10.1 Å². The highest BCUT2D eigenvalue weighted by molar-refractivity contribution is 5.85. The van der Waals surface area contributed by atoms with Crippen molar-refractivity contribution < 1.29 is 4.92 Å². The number of nitro benzene ring substituents is 1. The van der Waals surface area contributed by atoms with Gasteiger partial charge in [0.1, 0.15) is 5.69 Å². The zero-order valence-corrected chi connectivity index (χ0v) is 7.19. The molecule has 0 atom stereocenters. The summed E-state index contributed by atoms with van der Waals surface area (Å²) in [6.45, 7) is 0. The molecule has 0 bridgehead atoms. The monoisotopic (exact) mass is 201 g/mol. The Labute approximate surface area is 79.7 Å². The topological polar surface area (TPSA) is 83.3 Å². The highest BCUT2D eigenvalue weighted by atomic mass is 35.5. The van der Waals surface area contributed by atoms with Gasteiger partial charge < -0.3 is 0 Å². The number of hydrogen-bond acceptors (Lipinski definition) is 4. The van der Waals surface area contributed by atoms with Gasteiger partial charge >= 0.3 is 5.08 Å². The number of rotatable bonds is 2. The molecule has 1 rings (SSSR count). The second-order valence-corrected chi connectivity index (χ2v) is 2.02. The molecule has 0 saturated heterocycles. The van der Waals surface area contributed by atoms with Gasteiger partial charge in [-0.2, -0.15) is 0 Å². The molecular formula is C6H6ClN4O2+. The minimum Gasteiger partial charge on any atom is -0.258 e. The Balaban J connectivity index is 0.00000144. The lowest BCUT2D eigenvalue weighted by molar-refractivity contribution is -0.384. The van der Waals surface area contributed by atoms with E-state index in [1.807, 2.05) is 0 Å². The maximum absolute atomic E-state index is 10.2. The highest BCUT2D eigenvalue weighted by Crippen LogP contribution is 2.14. The number of hydrogen-bond donors (Lipinski definition) is 1. The Morgan fingerprint density at radius 1 is 1.38 bits per heavy atom. The standard InChI is InChI=1S/C6H5N4O2.ClH/c7-9-8-5-1-3-6(4-2-5)10(11)12;/h1-4,8H;1H/q+1;. The van der Waals surface area contributed by atoms with Crippen LogP contribution < -0.4 is 5.43 Å². The summed E-state index contributed by atoms with van der Waals surface area (Å²) in [7, 11) is 0. The predicted molar refractivity (Wildman–Crippen MR) is 49.1 cm³/mol. The lowest BCUT2D eigenvalue weighted by Crippen LogP contribution is -1.88. The van der Waals surface area contributed by atoms with Crippen LogP contribution in [0.5, 0.6) is 0 Å². The molecule has 0 amide bonds. The molecule has 0 aromatic heterocycles. The molecule has 0 aliphatic rings. The van der Waals surface area contributed by atoms with Crippen molar-refractivity contribution in [1.82, 2.24) is 0 Å². The fraction of sp³-hybridized carbons (Fsp3) is 0. The Morgan fingerprint density at radius 2 is 1.92 bits per heavy atom. The van der Waals surface area contributed by atoms with Crippen LogP contribution >= 0.6 is 12.4 Å². The summed E-state index contributed by atoms with van der Waals surface area (Å²) in [6.07, 6.45) is 0. The van der Waals surface area contributed by atoms with Gasteiger partial charge in [0.25, 0.3) is 11.1 Å². The molecule has 0 heterocycles. The maximum atomic E-state index is 10.2. The molecule has 7 heteroatoms. The fourth-order valence-electron chi connectivity index (χ4n) is 0.715. The number of non-ortho nitro benzene ring substituents is 1. The van der Waals surface area contributed by atoms with Crippen molar-refractivity contribution in [3.8, 4) is 0 Å². The van der Waals surface area contributed by atoms with Crippen molar-refractivity contribution in [2.75, 3.05) is 5.43 Å². The fourth-order valence-corrected chi connectivity index (χ4v) is 0.715. The van der Waals surface area contributed by atoms with Gasteiger partial charge in [0.05, 0.1) is 4.92 Å². The first-order valence-corrected chi connectivity index (χ1v) is 3.08. The van der Waals surface area contributed by atoms with Gasteiger partial charge in [-0.1, -0.05) is 0 Å². The molecule has 1 aromatic carbocycles. The van der Waals surface area contributed by atoms with Crippen LogP contribution in [0.4, 0.5) is 11.4 Å². The number of nitrogens with zero attached hydrogens (tertiary/aromatic N) is 3. The molecule has 0 radical (unpaired) electrons. The molecule has 1 aromatic rings. The molecule has 0 aliphatic heterocycles. The molecule has 13 heavy (non-hydrogen) atoms. The van der Waals surface area contributed by atoms with Gasteiger partial charge in [-0.15, -0.1) is 12.4 Å². The van der Waals surface area contributed by atoms with Crippen molar-refractivity contribution >= 4 is 23.8 Å². The van der Waals surface area contributed by atoms with E-state index in [4.69, 9.17) is 5.39 Å². The first kappa shape index (κ1) is 11.1. The smallest absolute Gasteiger partial charge is 0.258 e. The third kappa shape index (κ3) is 2.92. The molecule has 68 valence electrons. The number of diazo groups is 1. The van der Waals surface area contributed by atoms with E-state index in [9.17, 15) is 10.1 Å². The quantitative estimate of drug-likeness (QED) is 0.452. The van der Waals surface area contributed by atoms with Gasteiger partial charge in [-0.25, -0.2) is 0 Å². The summed E-state index contributed by atoms with van der Waals surface area (Å²) >= 11 is 0. The number of benzene rings is 1. The molecule has 0 unspecified atom stereocenters.